The molecule has 0 radical (unpaired) electrons. The molecule has 8 heteroatoms. The fourth-order valence-corrected chi connectivity index (χ4v) is 4.63. The molecule has 7 nitrogen and oxygen atoms in total. The summed E-state index contributed by atoms with van der Waals surface area (Å²) in [6.07, 6.45) is 2.92. The molecule has 1 aliphatic rings. The number of ether oxygens (including phenoxy) is 1. The van der Waals surface area contributed by atoms with Gasteiger partial charge < -0.3 is 15.2 Å². The van der Waals surface area contributed by atoms with Crippen molar-refractivity contribution in [2.75, 3.05) is 25.7 Å². The second kappa shape index (κ2) is 8.07. The van der Waals surface area contributed by atoms with Gasteiger partial charge in [-0.3, -0.25) is 9.59 Å². The zero-order valence-corrected chi connectivity index (χ0v) is 15.8. The molecule has 0 spiro atoms. The Kier molecular flexibility index (Phi) is 6.28. The highest BCUT2D eigenvalue weighted by Gasteiger charge is 2.46. The number of amides is 1. The summed E-state index contributed by atoms with van der Waals surface area (Å²) in [5.41, 5.74) is 0.284. The number of para-hydroxylation sites is 1. The third-order valence-corrected chi connectivity index (χ3v) is 5.75. The van der Waals surface area contributed by atoms with E-state index in [-0.39, 0.29) is 31.0 Å². The largest absolute Gasteiger partial charge is 0.496 e. The first kappa shape index (κ1) is 20.2. The molecule has 1 fully saturated rings. The van der Waals surface area contributed by atoms with Crippen molar-refractivity contribution in [3.05, 3.63) is 29.8 Å². The fraction of sp³-hybridized carbons (Fsp3) is 0.556. The van der Waals surface area contributed by atoms with Crippen molar-refractivity contribution in [3.8, 4) is 5.75 Å². The third kappa shape index (κ3) is 6.01. The van der Waals surface area contributed by atoms with Crippen molar-refractivity contribution in [2.24, 2.45) is 11.3 Å². The molecular weight excluding hydrogens is 358 g/mol. The predicted molar refractivity (Wildman–Crippen MR) is 96.8 cm³/mol. The normalized spacial score (nSPS) is 16.5. The van der Waals surface area contributed by atoms with Crippen LogP contribution in [-0.2, 0) is 25.8 Å². The van der Waals surface area contributed by atoms with Gasteiger partial charge in [0.1, 0.15) is 15.6 Å². The van der Waals surface area contributed by atoms with Crippen LogP contribution in [0.15, 0.2) is 24.3 Å². The molecule has 1 amide bonds. The van der Waals surface area contributed by atoms with E-state index in [0.29, 0.717) is 18.6 Å². The number of benzene rings is 1. The van der Waals surface area contributed by atoms with Crippen LogP contribution in [0, 0.1) is 11.3 Å². The van der Waals surface area contributed by atoms with Crippen molar-refractivity contribution in [3.63, 3.8) is 0 Å². The number of carboxylic acid groups (broad SMARTS) is 1. The molecule has 0 bridgehead atoms. The first-order valence-corrected chi connectivity index (χ1v) is 10.5. The lowest BCUT2D eigenvalue weighted by atomic mass is 9.98. The molecule has 0 aliphatic heterocycles. The molecule has 1 aliphatic carbocycles. The molecule has 1 aromatic rings. The standard InChI is InChI=1S/C18H25NO6S/c1-25-15-6-4-3-5-13(15)9-14(17(21)22)11-19-16(20)10-18(7-8-18)12-26(2,23)24/h3-6,14H,7-12H2,1-2H3,(H,19,20)(H,21,22). The molecule has 26 heavy (non-hydrogen) atoms. The number of carboxylic acids is 1. The first-order chi connectivity index (χ1) is 12.1. The Balaban J connectivity index is 1.92. The number of rotatable bonds is 10. The first-order valence-electron chi connectivity index (χ1n) is 8.43. The average Bonchev–Trinajstić information content (AvgIpc) is 3.28. The van der Waals surface area contributed by atoms with E-state index in [0.717, 1.165) is 5.56 Å². The number of aliphatic carboxylic acids is 1. The number of carbonyl (C=O) groups is 2. The van der Waals surface area contributed by atoms with Crippen LogP contribution in [0.1, 0.15) is 24.8 Å². The van der Waals surface area contributed by atoms with Crippen LogP contribution in [0.4, 0.5) is 0 Å². The summed E-state index contributed by atoms with van der Waals surface area (Å²) in [5, 5.41) is 12.1. The maximum absolute atomic E-state index is 12.2. The topological polar surface area (TPSA) is 110 Å². The van der Waals surface area contributed by atoms with E-state index < -0.39 is 27.1 Å². The average molecular weight is 383 g/mol. The van der Waals surface area contributed by atoms with E-state index in [4.69, 9.17) is 4.74 Å². The zero-order valence-electron chi connectivity index (χ0n) is 15.0. The SMILES string of the molecule is COc1ccccc1CC(CNC(=O)CC1(CS(C)(=O)=O)CC1)C(=O)O. The molecule has 0 heterocycles. The maximum atomic E-state index is 12.2. The second-order valence-corrected chi connectivity index (χ2v) is 9.24. The summed E-state index contributed by atoms with van der Waals surface area (Å²) in [4.78, 5) is 23.7. The Morgan fingerprint density at radius 3 is 2.50 bits per heavy atom. The molecule has 0 saturated heterocycles. The molecule has 2 rings (SSSR count). The minimum Gasteiger partial charge on any atom is -0.496 e. The summed E-state index contributed by atoms with van der Waals surface area (Å²) < 4.78 is 28.2. The minimum absolute atomic E-state index is 0.00298. The lowest BCUT2D eigenvalue weighted by molar-refractivity contribution is -0.141. The van der Waals surface area contributed by atoms with Gasteiger partial charge in [0.15, 0.2) is 0 Å². The quantitative estimate of drug-likeness (QED) is 0.630. The summed E-state index contributed by atoms with van der Waals surface area (Å²) in [5.74, 6) is -1.50. The Morgan fingerprint density at radius 1 is 1.31 bits per heavy atom. The van der Waals surface area contributed by atoms with Crippen molar-refractivity contribution in [2.45, 2.75) is 25.7 Å². The molecule has 0 aromatic heterocycles. The van der Waals surface area contributed by atoms with Crippen LogP contribution in [0.2, 0.25) is 0 Å². The third-order valence-electron chi connectivity index (χ3n) is 4.61. The van der Waals surface area contributed by atoms with Gasteiger partial charge in [-0.1, -0.05) is 18.2 Å². The zero-order chi connectivity index (χ0) is 19.4. The van der Waals surface area contributed by atoms with Crippen LogP contribution in [0.3, 0.4) is 0 Å². The van der Waals surface area contributed by atoms with Crippen LogP contribution < -0.4 is 10.1 Å². The lowest BCUT2D eigenvalue weighted by Gasteiger charge is -2.17. The van der Waals surface area contributed by atoms with Crippen LogP contribution in [-0.4, -0.2) is 51.1 Å². The second-order valence-electron chi connectivity index (χ2n) is 7.10. The van der Waals surface area contributed by atoms with Crippen molar-refractivity contribution >= 4 is 21.7 Å². The Bertz CT molecular complexity index is 770. The van der Waals surface area contributed by atoms with Gasteiger partial charge in [0, 0.05) is 19.2 Å². The van der Waals surface area contributed by atoms with Crippen LogP contribution in [0.5, 0.6) is 5.75 Å². The highest BCUT2D eigenvalue weighted by atomic mass is 32.2. The lowest BCUT2D eigenvalue weighted by Crippen LogP contribution is -2.36. The van der Waals surface area contributed by atoms with Gasteiger partial charge in [0.25, 0.3) is 0 Å². The van der Waals surface area contributed by atoms with E-state index >= 15 is 0 Å². The van der Waals surface area contributed by atoms with Gasteiger partial charge >= 0.3 is 5.97 Å². The van der Waals surface area contributed by atoms with Gasteiger partial charge in [-0.15, -0.1) is 0 Å². The smallest absolute Gasteiger partial charge is 0.308 e. The van der Waals surface area contributed by atoms with Crippen LogP contribution >= 0.6 is 0 Å². The van der Waals surface area contributed by atoms with Crippen LogP contribution in [0.25, 0.3) is 0 Å². The number of hydrogen-bond acceptors (Lipinski definition) is 5. The number of nitrogens with one attached hydrogen (secondary N) is 1. The van der Waals surface area contributed by atoms with Gasteiger partial charge in [-0.2, -0.15) is 0 Å². The van der Waals surface area contributed by atoms with E-state index in [2.05, 4.69) is 5.32 Å². The molecule has 1 atom stereocenters. The van der Waals surface area contributed by atoms with Crippen molar-refractivity contribution < 1.29 is 27.9 Å². The number of methoxy groups -OCH3 is 1. The summed E-state index contributed by atoms with van der Waals surface area (Å²) in [6.45, 7) is -0.0127. The molecular formula is C18H25NO6S. The van der Waals surface area contributed by atoms with Crippen molar-refractivity contribution in [1.29, 1.82) is 0 Å². The predicted octanol–water partition coefficient (Wildman–Crippen LogP) is 1.27. The monoisotopic (exact) mass is 383 g/mol. The Morgan fingerprint density at radius 2 is 1.96 bits per heavy atom. The highest BCUT2D eigenvalue weighted by Crippen LogP contribution is 2.49. The highest BCUT2D eigenvalue weighted by molar-refractivity contribution is 7.90. The number of carbonyl (C=O) groups excluding carboxylic acids is 1. The summed E-state index contributed by atoms with van der Waals surface area (Å²) in [6, 6.07) is 7.16. The molecule has 1 saturated carbocycles. The minimum atomic E-state index is -3.15. The van der Waals surface area contributed by atoms with E-state index in [1.54, 1.807) is 24.3 Å². The van der Waals surface area contributed by atoms with Gasteiger partial charge in [-0.05, 0) is 36.3 Å². The fourth-order valence-electron chi connectivity index (χ4n) is 3.13. The number of hydrogen-bond donors (Lipinski definition) is 2. The molecule has 1 aromatic carbocycles. The van der Waals surface area contributed by atoms with Gasteiger partial charge in [-0.25, -0.2) is 8.42 Å². The van der Waals surface area contributed by atoms with Crippen molar-refractivity contribution in [1.82, 2.24) is 5.32 Å². The van der Waals surface area contributed by atoms with Gasteiger partial charge in [0.05, 0.1) is 18.8 Å². The Labute approximate surface area is 153 Å². The molecule has 1 unspecified atom stereocenters. The Hall–Kier alpha value is -2.09. The number of sulfone groups is 1. The van der Waals surface area contributed by atoms with Gasteiger partial charge in [0.2, 0.25) is 5.91 Å². The summed E-state index contributed by atoms with van der Waals surface area (Å²) >= 11 is 0. The maximum Gasteiger partial charge on any atom is 0.308 e. The summed E-state index contributed by atoms with van der Waals surface area (Å²) in [7, 11) is -1.62. The van der Waals surface area contributed by atoms with E-state index in [1.165, 1.54) is 13.4 Å². The van der Waals surface area contributed by atoms with E-state index in [9.17, 15) is 23.1 Å². The molecule has 144 valence electrons. The van der Waals surface area contributed by atoms with E-state index in [1.807, 2.05) is 0 Å². The molecule has 2 N–H and O–H groups in total.